The highest BCUT2D eigenvalue weighted by molar-refractivity contribution is 7.16. The molecule has 156 valence electrons. The second-order valence-corrected chi connectivity index (χ2v) is 7.24. The van der Waals surface area contributed by atoms with Crippen molar-refractivity contribution in [1.29, 1.82) is 0 Å². The first-order valence-electron chi connectivity index (χ1n) is 8.68. The first kappa shape index (κ1) is 21.3. The molecule has 2 amide bonds. The topological polar surface area (TPSA) is 80.3 Å². The van der Waals surface area contributed by atoms with Gasteiger partial charge in [-0.05, 0) is 43.3 Å². The normalized spacial score (nSPS) is 10.7. The minimum Gasteiger partial charge on any atom is -0.435 e. The average Bonchev–Trinajstić information content (AvgIpc) is 3.06. The molecule has 30 heavy (non-hydrogen) atoms. The van der Waals surface area contributed by atoms with Crippen LogP contribution < -0.4 is 15.4 Å². The highest BCUT2D eigenvalue weighted by Gasteiger charge is 2.15. The molecule has 0 radical (unpaired) electrons. The van der Waals surface area contributed by atoms with Gasteiger partial charge in [-0.3, -0.25) is 9.59 Å². The summed E-state index contributed by atoms with van der Waals surface area (Å²) in [4.78, 5) is 29.2. The average molecular weight is 435 g/mol. The van der Waals surface area contributed by atoms with E-state index in [4.69, 9.17) is 0 Å². The van der Waals surface area contributed by atoms with Crippen LogP contribution in [0.15, 0.2) is 48.5 Å². The van der Waals surface area contributed by atoms with E-state index >= 15 is 0 Å². The molecule has 10 heteroatoms. The van der Waals surface area contributed by atoms with Gasteiger partial charge in [0.2, 0.25) is 5.91 Å². The zero-order valence-electron chi connectivity index (χ0n) is 15.6. The van der Waals surface area contributed by atoms with E-state index in [2.05, 4.69) is 20.4 Å². The summed E-state index contributed by atoms with van der Waals surface area (Å²) in [7, 11) is 0. The van der Waals surface area contributed by atoms with Crippen LogP contribution in [0.3, 0.4) is 0 Å². The number of aromatic nitrogens is 1. The van der Waals surface area contributed by atoms with E-state index in [0.717, 1.165) is 10.9 Å². The summed E-state index contributed by atoms with van der Waals surface area (Å²) in [5.74, 6) is -1.88. The number of nitrogens with one attached hydrogen (secondary N) is 2. The fourth-order valence-corrected chi connectivity index (χ4v) is 3.43. The van der Waals surface area contributed by atoms with E-state index in [1.54, 1.807) is 19.1 Å². The van der Waals surface area contributed by atoms with Gasteiger partial charge in [-0.2, -0.15) is 8.78 Å². The Balaban J connectivity index is 1.60. The van der Waals surface area contributed by atoms with Crippen LogP contribution in [0.4, 0.5) is 18.3 Å². The summed E-state index contributed by atoms with van der Waals surface area (Å²) in [6, 6.07) is 11.4. The van der Waals surface area contributed by atoms with Gasteiger partial charge in [0.15, 0.2) is 5.13 Å². The Morgan fingerprint density at radius 1 is 1.13 bits per heavy atom. The lowest BCUT2D eigenvalue weighted by atomic mass is 10.1. The predicted molar refractivity (Wildman–Crippen MR) is 106 cm³/mol. The number of alkyl halides is 2. The van der Waals surface area contributed by atoms with E-state index in [1.807, 2.05) is 0 Å². The van der Waals surface area contributed by atoms with Gasteiger partial charge in [-0.15, -0.1) is 11.3 Å². The first-order valence-corrected chi connectivity index (χ1v) is 9.50. The highest BCUT2D eigenvalue weighted by atomic mass is 32.1. The van der Waals surface area contributed by atoms with Gasteiger partial charge in [0.05, 0.1) is 17.8 Å². The SMILES string of the molecule is Cc1sc(NC(=O)CNC(=O)c2ccccc2F)nc1-c1ccc(OC(F)F)cc1. The Morgan fingerprint density at radius 3 is 2.50 bits per heavy atom. The molecule has 0 fully saturated rings. The van der Waals surface area contributed by atoms with E-state index in [0.29, 0.717) is 16.4 Å². The summed E-state index contributed by atoms with van der Waals surface area (Å²) < 4.78 is 42.4. The van der Waals surface area contributed by atoms with Gasteiger partial charge < -0.3 is 15.4 Å². The molecule has 2 aromatic carbocycles. The van der Waals surface area contributed by atoms with Crippen molar-refractivity contribution in [2.45, 2.75) is 13.5 Å². The van der Waals surface area contributed by atoms with Crippen molar-refractivity contribution in [3.63, 3.8) is 0 Å². The van der Waals surface area contributed by atoms with Crippen LogP contribution in [-0.4, -0.2) is 30.0 Å². The Bertz CT molecular complexity index is 1050. The van der Waals surface area contributed by atoms with Crippen LogP contribution >= 0.6 is 11.3 Å². The van der Waals surface area contributed by atoms with Gasteiger partial charge in [-0.1, -0.05) is 12.1 Å². The molecule has 0 aliphatic rings. The molecule has 0 saturated carbocycles. The number of nitrogens with zero attached hydrogens (tertiary/aromatic N) is 1. The summed E-state index contributed by atoms with van der Waals surface area (Å²) >= 11 is 1.22. The quantitative estimate of drug-likeness (QED) is 0.582. The molecule has 0 spiro atoms. The van der Waals surface area contributed by atoms with Gasteiger partial charge in [0, 0.05) is 10.4 Å². The van der Waals surface area contributed by atoms with Crippen molar-refractivity contribution in [3.05, 3.63) is 64.8 Å². The van der Waals surface area contributed by atoms with Gasteiger partial charge in [0.25, 0.3) is 5.91 Å². The predicted octanol–water partition coefficient (Wildman–Crippen LogP) is 4.23. The molecule has 3 rings (SSSR count). The standard InChI is InChI=1S/C20H16F3N3O3S/c1-11-17(12-6-8-13(9-7-12)29-19(22)23)26-20(30-11)25-16(27)10-24-18(28)14-4-2-3-5-15(14)21/h2-9,19H,10H2,1H3,(H,24,28)(H,25,26,27). The van der Waals surface area contributed by atoms with E-state index in [9.17, 15) is 22.8 Å². The number of ether oxygens (including phenoxy) is 1. The molecular weight excluding hydrogens is 419 g/mol. The third kappa shape index (κ3) is 5.35. The van der Waals surface area contributed by atoms with Crippen molar-refractivity contribution >= 4 is 28.3 Å². The number of hydrogen-bond acceptors (Lipinski definition) is 5. The molecule has 3 aromatic rings. The number of rotatable bonds is 7. The van der Waals surface area contributed by atoms with E-state index < -0.39 is 24.2 Å². The number of benzene rings is 2. The molecule has 0 saturated heterocycles. The maximum absolute atomic E-state index is 13.6. The fraction of sp³-hybridized carbons (Fsp3) is 0.150. The largest absolute Gasteiger partial charge is 0.435 e. The number of aryl methyl sites for hydroxylation is 1. The molecule has 0 unspecified atom stereocenters. The van der Waals surface area contributed by atoms with Crippen LogP contribution in [0.5, 0.6) is 5.75 Å². The second kappa shape index (κ2) is 9.40. The lowest BCUT2D eigenvalue weighted by molar-refractivity contribution is -0.115. The fourth-order valence-electron chi connectivity index (χ4n) is 2.58. The number of anilines is 1. The van der Waals surface area contributed by atoms with Crippen molar-refractivity contribution in [1.82, 2.24) is 10.3 Å². The van der Waals surface area contributed by atoms with Crippen molar-refractivity contribution < 1.29 is 27.5 Å². The van der Waals surface area contributed by atoms with Gasteiger partial charge in [0.1, 0.15) is 11.6 Å². The molecule has 0 aliphatic heterocycles. The maximum Gasteiger partial charge on any atom is 0.387 e. The number of carbonyl (C=O) groups is 2. The molecule has 6 nitrogen and oxygen atoms in total. The van der Waals surface area contributed by atoms with Crippen molar-refractivity contribution in [2.75, 3.05) is 11.9 Å². The third-order valence-corrected chi connectivity index (χ3v) is 4.81. The van der Waals surface area contributed by atoms with E-state index in [-0.39, 0.29) is 17.9 Å². The molecule has 1 heterocycles. The molecular formula is C20H16F3N3O3S. The van der Waals surface area contributed by atoms with Crippen LogP contribution in [-0.2, 0) is 4.79 Å². The maximum atomic E-state index is 13.6. The third-order valence-electron chi connectivity index (χ3n) is 3.92. The zero-order chi connectivity index (χ0) is 21.7. The summed E-state index contributed by atoms with van der Waals surface area (Å²) in [5, 5.41) is 5.22. The number of halogens is 3. The Kier molecular flexibility index (Phi) is 6.68. The van der Waals surface area contributed by atoms with Crippen LogP contribution in [0, 0.1) is 12.7 Å². The Labute approximate surface area is 173 Å². The van der Waals surface area contributed by atoms with E-state index in [1.165, 1.54) is 41.7 Å². The van der Waals surface area contributed by atoms with Gasteiger partial charge >= 0.3 is 6.61 Å². The van der Waals surface area contributed by atoms with Crippen molar-refractivity contribution in [2.24, 2.45) is 0 Å². The Morgan fingerprint density at radius 2 is 1.83 bits per heavy atom. The van der Waals surface area contributed by atoms with Crippen LogP contribution in [0.2, 0.25) is 0 Å². The second-order valence-electron chi connectivity index (χ2n) is 6.04. The number of amides is 2. The monoisotopic (exact) mass is 435 g/mol. The van der Waals surface area contributed by atoms with Crippen LogP contribution in [0.25, 0.3) is 11.3 Å². The number of hydrogen-bond donors (Lipinski definition) is 2. The highest BCUT2D eigenvalue weighted by Crippen LogP contribution is 2.31. The molecule has 0 aliphatic carbocycles. The van der Waals surface area contributed by atoms with Crippen molar-refractivity contribution in [3.8, 4) is 17.0 Å². The minimum atomic E-state index is -2.91. The smallest absolute Gasteiger partial charge is 0.387 e. The summed E-state index contributed by atoms with van der Waals surface area (Å²) in [6.07, 6.45) is 0. The summed E-state index contributed by atoms with van der Waals surface area (Å²) in [6.45, 7) is -1.47. The minimum absolute atomic E-state index is 0.0285. The van der Waals surface area contributed by atoms with Gasteiger partial charge in [-0.25, -0.2) is 9.37 Å². The zero-order valence-corrected chi connectivity index (χ0v) is 16.4. The molecule has 1 aromatic heterocycles. The van der Waals surface area contributed by atoms with Crippen LogP contribution in [0.1, 0.15) is 15.2 Å². The molecule has 2 N–H and O–H groups in total. The molecule has 0 atom stereocenters. The Hall–Kier alpha value is -3.40. The first-order chi connectivity index (χ1) is 14.3. The number of thiazole rings is 1. The number of carbonyl (C=O) groups excluding carboxylic acids is 2. The lowest BCUT2D eigenvalue weighted by Crippen LogP contribution is -2.33. The summed E-state index contributed by atoms with van der Waals surface area (Å²) in [5.41, 5.74) is 1.09. The lowest BCUT2D eigenvalue weighted by Gasteiger charge is -2.06. The molecule has 0 bridgehead atoms.